The van der Waals surface area contributed by atoms with Crippen LogP contribution in [0.4, 0.5) is 0 Å². The minimum absolute atomic E-state index is 0.0171. The summed E-state index contributed by atoms with van der Waals surface area (Å²) in [4.78, 5) is 12.7. The molecule has 0 unspecified atom stereocenters. The van der Waals surface area contributed by atoms with Crippen LogP contribution in [0.3, 0.4) is 0 Å². The van der Waals surface area contributed by atoms with E-state index in [0.29, 0.717) is 5.56 Å². The van der Waals surface area contributed by atoms with E-state index in [0.717, 1.165) is 4.88 Å². The van der Waals surface area contributed by atoms with Gasteiger partial charge in [0.25, 0.3) is 0 Å². The fraction of sp³-hybridized carbons (Fsp3) is 0.0909. The summed E-state index contributed by atoms with van der Waals surface area (Å²) in [6.07, 6.45) is 6.67. The fourth-order valence-electron chi connectivity index (χ4n) is 1.19. The molecule has 76 valence electrons. The molecule has 2 rings (SSSR count). The zero-order chi connectivity index (χ0) is 10.7. The number of thiophene rings is 1. The Morgan fingerprint density at radius 3 is 3.07 bits per heavy atom. The second-order valence-corrected chi connectivity index (χ2v) is 4.09. The number of aryl methyl sites for hydroxylation is 1. The Bertz CT molecular complexity index is 482. The highest BCUT2D eigenvalue weighted by Crippen LogP contribution is 2.11. The lowest BCUT2D eigenvalue weighted by atomic mass is 10.2. The molecular formula is C11H10N2OS. The summed E-state index contributed by atoms with van der Waals surface area (Å²) in [6.45, 7) is 0. The number of rotatable bonds is 3. The van der Waals surface area contributed by atoms with Crippen molar-refractivity contribution < 1.29 is 4.79 Å². The maximum absolute atomic E-state index is 11.6. The van der Waals surface area contributed by atoms with Crippen molar-refractivity contribution >= 4 is 23.2 Å². The van der Waals surface area contributed by atoms with Gasteiger partial charge in [0.15, 0.2) is 5.78 Å². The molecule has 0 N–H and O–H groups in total. The highest BCUT2D eigenvalue weighted by molar-refractivity contribution is 7.10. The van der Waals surface area contributed by atoms with E-state index in [9.17, 15) is 4.79 Å². The molecule has 4 heteroatoms. The van der Waals surface area contributed by atoms with E-state index in [1.54, 1.807) is 41.5 Å². The number of allylic oxidation sites excluding steroid dienone is 1. The van der Waals surface area contributed by atoms with E-state index in [4.69, 9.17) is 0 Å². The van der Waals surface area contributed by atoms with Crippen LogP contribution in [0.25, 0.3) is 6.08 Å². The monoisotopic (exact) mass is 218 g/mol. The first kappa shape index (κ1) is 9.86. The number of ketones is 1. The molecule has 0 aliphatic carbocycles. The van der Waals surface area contributed by atoms with Gasteiger partial charge in [0.1, 0.15) is 0 Å². The van der Waals surface area contributed by atoms with Crippen LogP contribution in [0.15, 0.2) is 36.0 Å². The van der Waals surface area contributed by atoms with Gasteiger partial charge in [-0.25, -0.2) is 0 Å². The first-order chi connectivity index (χ1) is 7.25. The Kier molecular flexibility index (Phi) is 2.78. The van der Waals surface area contributed by atoms with Gasteiger partial charge in [-0.1, -0.05) is 6.07 Å². The number of carbonyl (C=O) groups excluding carboxylic acids is 1. The quantitative estimate of drug-likeness (QED) is 0.585. The Morgan fingerprint density at radius 2 is 2.47 bits per heavy atom. The molecule has 0 fully saturated rings. The zero-order valence-corrected chi connectivity index (χ0v) is 9.07. The average molecular weight is 218 g/mol. The lowest BCUT2D eigenvalue weighted by molar-refractivity contribution is 0.104. The van der Waals surface area contributed by atoms with Crippen molar-refractivity contribution in [2.75, 3.05) is 0 Å². The molecule has 2 aromatic heterocycles. The van der Waals surface area contributed by atoms with E-state index in [1.807, 2.05) is 23.6 Å². The molecule has 0 aliphatic rings. The van der Waals surface area contributed by atoms with Crippen LogP contribution < -0.4 is 0 Å². The molecule has 0 saturated carbocycles. The summed E-state index contributed by atoms with van der Waals surface area (Å²) in [5.41, 5.74) is 0.616. The van der Waals surface area contributed by atoms with Crippen molar-refractivity contribution in [3.63, 3.8) is 0 Å². The van der Waals surface area contributed by atoms with E-state index >= 15 is 0 Å². The van der Waals surface area contributed by atoms with Gasteiger partial charge in [0, 0.05) is 18.1 Å². The third kappa shape index (κ3) is 2.41. The lowest BCUT2D eigenvalue weighted by Crippen LogP contribution is -1.91. The summed E-state index contributed by atoms with van der Waals surface area (Å²) in [5.74, 6) is -0.0171. The predicted octanol–water partition coefficient (Wildman–Crippen LogP) is 2.38. The van der Waals surface area contributed by atoms with Crippen LogP contribution in [0.2, 0.25) is 0 Å². The fourth-order valence-corrected chi connectivity index (χ4v) is 1.81. The molecule has 0 aromatic carbocycles. The van der Waals surface area contributed by atoms with Crippen LogP contribution in [-0.2, 0) is 7.05 Å². The number of aromatic nitrogens is 2. The number of nitrogens with zero attached hydrogens (tertiary/aromatic N) is 2. The molecule has 15 heavy (non-hydrogen) atoms. The third-order valence-corrected chi connectivity index (χ3v) is 2.77. The number of hydrogen-bond donors (Lipinski definition) is 0. The van der Waals surface area contributed by atoms with E-state index < -0.39 is 0 Å². The smallest absolute Gasteiger partial charge is 0.189 e. The van der Waals surface area contributed by atoms with Crippen molar-refractivity contribution in [3.05, 3.63) is 46.4 Å². The van der Waals surface area contributed by atoms with E-state index in [2.05, 4.69) is 5.10 Å². The number of carbonyl (C=O) groups is 1. The number of hydrogen-bond acceptors (Lipinski definition) is 3. The minimum Gasteiger partial charge on any atom is -0.289 e. The van der Waals surface area contributed by atoms with Crippen LogP contribution in [0.5, 0.6) is 0 Å². The lowest BCUT2D eigenvalue weighted by Gasteiger charge is -1.87. The molecule has 3 nitrogen and oxygen atoms in total. The van der Waals surface area contributed by atoms with Gasteiger partial charge in [0.2, 0.25) is 0 Å². The molecular weight excluding hydrogens is 208 g/mol. The highest BCUT2D eigenvalue weighted by atomic mass is 32.1. The Morgan fingerprint density at radius 1 is 1.60 bits per heavy atom. The van der Waals surface area contributed by atoms with Gasteiger partial charge >= 0.3 is 0 Å². The van der Waals surface area contributed by atoms with Crippen molar-refractivity contribution in [2.45, 2.75) is 0 Å². The van der Waals surface area contributed by atoms with Gasteiger partial charge in [0.05, 0.1) is 11.8 Å². The van der Waals surface area contributed by atoms with Gasteiger partial charge in [-0.15, -0.1) is 11.3 Å². The minimum atomic E-state index is -0.0171. The van der Waals surface area contributed by atoms with Crippen LogP contribution in [0, 0.1) is 0 Å². The highest BCUT2D eigenvalue weighted by Gasteiger charge is 2.03. The van der Waals surface area contributed by atoms with Gasteiger partial charge in [-0.2, -0.15) is 5.10 Å². The molecule has 0 spiro atoms. The topological polar surface area (TPSA) is 34.9 Å². The van der Waals surface area contributed by atoms with E-state index in [1.165, 1.54) is 0 Å². The summed E-state index contributed by atoms with van der Waals surface area (Å²) in [5, 5.41) is 5.93. The molecule has 0 radical (unpaired) electrons. The normalized spacial score (nSPS) is 11.0. The van der Waals surface area contributed by atoms with E-state index in [-0.39, 0.29) is 5.78 Å². The molecule has 0 bridgehead atoms. The zero-order valence-electron chi connectivity index (χ0n) is 8.25. The molecule has 2 aromatic rings. The Labute approximate surface area is 91.7 Å². The van der Waals surface area contributed by atoms with Crippen molar-refractivity contribution in [2.24, 2.45) is 7.05 Å². The molecule has 0 saturated heterocycles. The van der Waals surface area contributed by atoms with Gasteiger partial charge < -0.3 is 0 Å². The first-order valence-corrected chi connectivity index (χ1v) is 5.38. The summed E-state index contributed by atoms with van der Waals surface area (Å²) in [6, 6.07) is 3.93. The second kappa shape index (κ2) is 4.23. The van der Waals surface area contributed by atoms with Crippen molar-refractivity contribution in [3.8, 4) is 0 Å². The van der Waals surface area contributed by atoms with Crippen LogP contribution >= 0.6 is 11.3 Å². The first-order valence-electron chi connectivity index (χ1n) is 4.50. The third-order valence-electron chi connectivity index (χ3n) is 1.93. The van der Waals surface area contributed by atoms with Gasteiger partial charge in [-0.05, 0) is 23.6 Å². The van der Waals surface area contributed by atoms with Gasteiger partial charge in [-0.3, -0.25) is 9.48 Å². The molecule has 0 amide bonds. The van der Waals surface area contributed by atoms with Crippen molar-refractivity contribution in [1.29, 1.82) is 0 Å². The maximum Gasteiger partial charge on any atom is 0.189 e. The Balaban J connectivity index is 2.10. The molecule has 2 heterocycles. The predicted molar refractivity (Wildman–Crippen MR) is 60.9 cm³/mol. The van der Waals surface area contributed by atoms with Crippen molar-refractivity contribution in [1.82, 2.24) is 9.78 Å². The Hall–Kier alpha value is -1.68. The molecule has 0 atom stereocenters. The van der Waals surface area contributed by atoms with Crippen LogP contribution in [0.1, 0.15) is 15.2 Å². The SMILES string of the molecule is Cn1cc(C(=O)C=Cc2cccs2)cn1. The largest absolute Gasteiger partial charge is 0.289 e. The summed E-state index contributed by atoms with van der Waals surface area (Å²) < 4.78 is 1.62. The maximum atomic E-state index is 11.6. The van der Waals surface area contributed by atoms with Crippen LogP contribution in [-0.4, -0.2) is 15.6 Å². The molecule has 0 aliphatic heterocycles. The standard InChI is InChI=1S/C11H10N2OS/c1-13-8-9(7-12-13)11(14)5-4-10-3-2-6-15-10/h2-8H,1H3. The average Bonchev–Trinajstić information content (AvgIpc) is 2.84. The second-order valence-electron chi connectivity index (χ2n) is 3.12. The summed E-state index contributed by atoms with van der Waals surface area (Å²) >= 11 is 1.61. The summed E-state index contributed by atoms with van der Waals surface area (Å²) in [7, 11) is 1.79.